The zero-order valence-electron chi connectivity index (χ0n) is 13.6. The Balaban J connectivity index is 1.78. The van der Waals surface area contributed by atoms with Crippen molar-refractivity contribution in [3.05, 3.63) is 30.3 Å². The second-order valence-corrected chi connectivity index (χ2v) is 6.48. The highest BCUT2D eigenvalue weighted by Gasteiger charge is 2.29. The molecule has 1 heterocycles. The Morgan fingerprint density at radius 1 is 1.22 bits per heavy atom. The molecule has 1 aliphatic rings. The molecule has 1 saturated carbocycles. The molecule has 1 atom stereocenters. The fourth-order valence-corrected chi connectivity index (χ4v) is 3.08. The van der Waals surface area contributed by atoms with Gasteiger partial charge in [0.2, 0.25) is 11.7 Å². The van der Waals surface area contributed by atoms with Crippen LogP contribution in [0.3, 0.4) is 0 Å². The zero-order valence-corrected chi connectivity index (χ0v) is 13.6. The fraction of sp³-hybridized carbons (Fsp3) is 0.529. The van der Waals surface area contributed by atoms with E-state index in [1.165, 1.54) is 17.6 Å². The molecular weight excluding hydrogens is 290 g/mol. The summed E-state index contributed by atoms with van der Waals surface area (Å²) in [4.78, 5) is 14.1. The van der Waals surface area contributed by atoms with E-state index in [4.69, 9.17) is 0 Å². The van der Waals surface area contributed by atoms with Gasteiger partial charge in [-0.15, -0.1) is 10.2 Å². The molecular formula is C17H23N5O. The van der Waals surface area contributed by atoms with Gasteiger partial charge in [-0.05, 0) is 24.0 Å². The Hall–Kier alpha value is -2.24. The lowest BCUT2D eigenvalue weighted by Crippen LogP contribution is -2.41. The first kappa shape index (κ1) is 15.6. The minimum absolute atomic E-state index is 0.0103. The molecule has 6 nitrogen and oxygen atoms in total. The van der Waals surface area contributed by atoms with Gasteiger partial charge in [0, 0.05) is 11.6 Å². The maximum atomic E-state index is 12.6. The molecule has 1 aromatic carbocycles. The monoisotopic (exact) mass is 313 g/mol. The summed E-state index contributed by atoms with van der Waals surface area (Å²) in [6.45, 7) is 4.01. The highest BCUT2D eigenvalue weighted by molar-refractivity contribution is 5.80. The number of carbonyl (C=O) groups excluding carboxylic acids is 1. The highest BCUT2D eigenvalue weighted by atomic mass is 16.2. The van der Waals surface area contributed by atoms with E-state index in [2.05, 4.69) is 20.7 Å². The van der Waals surface area contributed by atoms with E-state index < -0.39 is 6.04 Å². The molecule has 2 aromatic rings. The number of carbonyl (C=O) groups is 1. The summed E-state index contributed by atoms with van der Waals surface area (Å²) in [7, 11) is 0. The summed E-state index contributed by atoms with van der Waals surface area (Å²) in [6.07, 6.45) is 4.52. The quantitative estimate of drug-likeness (QED) is 0.921. The maximum Gasteiger partial charge on any atom is 0.247 e. The lowest BCUT2D eigenvalue weighted by Gasteiger charge is -2.21. The first-order chi connectivity index (χ1) is 11.1. The number of hydrogen-bond acceptors (Lipinski definition) is 4. The standard InChI is InChI=1S/C17H23N5O/c1-12(2)15(17(23)18-14-10-6-7-11-14)22-20-16(19-21-22)13-8-4-3-5-9-13/h3-5,8-9,12,14-15H,6-7,10-11H2,1-2H3,(H,18,23). The fourth-order valence-electron chi connectivity index (χ4n) is 3.08. The van der Waals surface area contributed by atoms with E-state index in [1.807, 2.05) is 44.2 Å². The number of tetrazole rings is 1. The SMILES string of the molecule is CC(C)C(C(=O)NC1CCCC1)n1nnc(-c2ccccc2)n1. The molecule has 122 valence electrons. The molecule has 1 N–H and O–H groups in total. The predicted molar refractivity (Wildman–Crippen MR) is 87.5 cm³/mol. The van der Waals surface area contributed by atoms with Crippen molar-refractivity contribution in [1.82, 2.24) is 25.5 Å². The van der Waals surface area contributed by atoms with E-state index in [0.29, 0.717) is 11.9 Å². The van der Waals surface area contributed by atoms with E-state index in [0.717, 1.165) is 18.4 Å². The van der Waals surface area contributed by atoms with Gasteiger partial charge in [-0.2, -0.15) is 4.80 Å². The van der Waals surface area contributed by atoms with Crippen molar-refractivity contribution < 1.29 is 4.79 Å². The number of nitrogens with zero attached hydrogens (tertiary/aromatic N) is 4. The predicted octanol–water partition coefficient (Wildman–Crippen LogP) is 2.60. The lowest BCUT2D eigenvalue weighted by atomic mass is 10.0. The lowest BCUT2D eigenvalue weighted by molar-refractivity contribution is -0.127. The van der Waals surface area contributed by atoms with Crippen LogP contribution in [0, 0.1) is 5.92 Å². The number of nitrogens with one attached hydrogen (secondary N) is 1. The molecule has 23 heavy (non-hydrogen) atoms. The number of amides is 1. The molecule has 0 spiro atoms. The van der Waals surface area contributed by atoms with Gasteiger partial charge >= 0.3 is 0 Å². The highest BCUT2D eigenvalue weighted by Crippen LogP contribution is 2.22. The molecule has 6 heteroatoms. The van der Waals surface area contributed by atoms with Crippen LogP contribution >= 0.6 is 0 Å². The second kappa shape index (κ2) is 6.89. The van der Waals surface area contributed by atoms with E-state index in [1.54, 1.807) is 0 Å². The van der Waals surface area contributed by atoms with Crippen LogP contribution in [0.2, 0.25) is 0 Å². The summed E-state index contributed by atoms with van der Waals surface area (Å²) in [5, 5.41) is 15.8. The topological polar surface area (TPSA) is 72.7 Å². The van der Waals surface area contributed by atoms with Crippen LogP contribution in [0.25, 0.3) is 11.4 Å². The van der Waals surface area contributed by atoms with Gasteiger partial charge in [0.05, 0.1) is 0 Å². The zero-order chi connectivity index (χ0) is 16.2. The van der Waals surface area contributed by atoms with Crippen molar-refractivity contribution >= 4 is 5.91 Å². The molecule has 0 saturated heterocycles. The average molecular weight is 313 g/mol. The van der Waals surface area contributed by atoms with Gasteiger partial charge in [0.1, 0.15) is 0 Å². The Kier molecular flexibility index (Phi) is 4.69. The summed E-state index contributed by atoms with van der Waals surface area (Å²) in [5.74, 6) is 0.628. The molecule has 3 rings (SSSR count). The summed E-state index contributed by atoms with van der Waals surface area (Å²) in [5.41, 5.74) is 0.900. The van der Waals surface area contributed by atoms with Crippen LogP contribution in [0.4, 0.5) is 0 Å². The summed E-state index contributed by atoms with van der Waals surface area (Å²) in [6, 6.07) is 9.54. The Morgan fingerprint density at radius 3 is 2.57 bits per heavy atom. The van der Waals surface area contributed by atoms with E-state index in [-0.39, 0.29) is 11.8 Å². The van der Waals surface area contributed by atoms with Crippen molar-refractivity contribution in [2.45, 2.75) is 51.6 Å². The van der Waals surface area contributed by atoms with E-state index >= 15 is 0 Å². The minimum Gasteiger partial charge on any atom is -0.351 e. The summed E-state index contributed by atoms with van der Waals surface area (Å²) >= 11 is 0. The van der Waals surface area contributed by atoms with Crippen LogP contribution in [0.1, 0.15) is 45.6 Å². The average Bonchev–Trinajstić information content (AvgIpc) is 3.20. The van der Waals surface area contributed by atoms with E-state index in [9.17, 15) is 4.79 Å². The van der Waals surface area contributed by atoms with Crippen LogP contribution in [0.5, 0.6) is 0 Å². The van der Waals surface area contributed by atoms with Crippen molar-refractivity contribution in [2.24, 2.45) is 5.92 Å². The summed E-state index contributed by atoms with van der Waals surface area (Å²) < 4.78 is 0. The third-order valence-electron chi connectivity index (χ3n) is 4.31. The van der Waals surface area contributed by atoms with Gasteiger partial charge in [0.25, 0.3) is 0 Å². The Morgan fingerprint density at radius 2 is 1.91 bits per heavy atom. The molecule has 1 fully saturated rings. The molecule has 1 aliphatic carbocycles. The third kappa shape index (κ3) is 3.57. The molecule has 1 amide bonds. The van der Waals surface area contributed by atoms with Gasteiger partial charge < -0.3 is 5.32 Å². The first-order valence-corrected chi connectivity index (χ1v) is 8.30. The van der Waals surface area contributed by atoms with Crippen molar-refractivity contribution in [2.75, 3.05) is 0 Å². The van der Waals surface area contributed by atoms with Gasteiger partial charge in [-0.25, -0.2) is 0 Å². The number of benzene rings is 1. The minimum atomic E-state index is -0.430. The molecule has 0 bridgehead atoms. The molecule has 1 aromatic heterocycles. The largest absolute Gasteiger partial charge is 0.351 e. The molecule has 0 aliphatic heterocycles. The van der Waals surface area contributed by atoms with Gasteiger partial charge in [0.15, 0.2) is 6.04 Å². The number of rotatable bonds is 5. The Labute approximate surface area is 136 Å². The van der Waals surface area contributed by atoms with Crippen LogP contribution in [0.15, 0.2) is 30.3 Å². The van der Waals surface area contributed by atoms with Crippen LogP contribution in [-0.4, -0.2) is 32.2 Å². The normalized spacial score (nSPS) is 16.7. The third-order valence-corrected chi connectivity index (χ3v) is 4.31. The van der Waals surface area contributed by atoms with Crippen LogP contribution in [-0.2, 0) is 4.79 Å². The number of hydrogen-bond donors (Lipinski definition) is 1. The van der Waals surface area contributed by atoms with Crippen molar-refractivity contribution in [3.63, 3.8) is 0 Å². The number of aromatic nitrogens is 4. The second-order valence-electron chi connectivity index (χ2n) is 6.48. The molecule has 0 radical (unpaired) electrons. The Bertz CT molecular complexity index is 646. The maximum absolute atomic E-state index is 12.6. The smallest absolute Gasteiger partial charge is 0.247 e. The van der Waals surface area contributed by atoms with Gasteiger partial charge in [-0.1, -0.05) is 57.0 Å². The van der Waals surface area contributed by atoms with Crippen LogP contribution < -0.4 is 5.32 Å². The first-order valence-electron chi connectivity index (χ1n) is 8.30. The van der Waals surface area contributed by atoms with Crippen molar-refractivity contribution in [1.29, 1.82) is 0 Å². The van der Waals surface area contributed by atoms with Gasteiger partial charge in [-0.3, -0.25) is 4.79 Å². The van der Waals surface area contributed by atoms with Crippen molar-refractivity contribution in [3.8, 4) is 11.4 Å². The molecule has 1 unspecified atom stereocenters.